The van der Waals surface area contributed by atoms with Crippen molar-refractivity contribution >= 4 is 34.2 Å². The van der Waals surface area contributed by atoms with E-state index < -0.39 is 0 Å². The molecule has 0 fully saturated rings. The fraction of sp³-hybridized carbons (Fsp3) is 0.133. The van der Waals surface area contributed by atoms with Gasteiger partial charge in [-0.25, -0.2) is 0 Å². The maximum absolute atomic E-state index is 11.3. The van der Waals surface area contributed by atoms with Crippen molar-refractivity contribution in [1.29, 1.82) is 0 Å². The van der Waals surface area contributed by atoms with E-state index in [4.69, 9.17) is 10.5 Å². The van der Waals surface area contributed by atoms with Crippen molar-refractivity contribution in [2.45, 2.75) is 6.04 Å². The van der Waals surface area contributed by atoms with Crippen LogP contribution in [-0.2, 0) is 4.79 Å². The number of hydrogen-bond donors (Lipinski definition) is 2. The van der Waals surface area contributed by atoms with Crippen molar-refractivity contribution in [3.63, 3.8) is 0 Å². The Balaban J connectivity index is 1.92. The Morgan fingerprint density at radius 1 is 1.15 bits per heavy atom. The molecule has 1 unspecified atom stereocenters. The molecule has 0 saturated heterocycles. The van der Waals surface area contributed by atoms with Gasteiger partial charge in [0.25, 0.3) is 5.91 Å². The standard InChI is InChI=1S/C15H13IN2O2/c16-11-4-1-9(2-5-11)15(17)10-3-6-13-12(7-10)18-14(19)8-20-13/h1-7,15H,8,17H2,(H,18,19). The molecule has 4 nitrogen and oxygen atoms in total. The van der Waals surface area contributed by atoms with Gasteiger partial charge in [-0.3, -0.25) is 4.79 Å². The number of ether oxygens (including phenoxy) is 1. The molecule has 102 valence electrons. The van der Waals surface area contributed by atoms with Crippen LogP contribution in [0.2, 0.25) is 0 Å². The summed E-state index contributed by atoms with van der Waals surface area (Å²) in [6, 6.07) is 13.5. The number of nitrogens with two attached hydrogens (primary N) is 1. The van der Waals surface area contributed by atoms with Gasteiger partial charge in [-0.2, -0.15) is 0 Å². The SMILES string of the molecule is NC(c1ccc(I)cc1)c1ccc2c(c1)NC(=O)CO2. The lowest BCUT2D eigenvalue weighted by Gasteiger charge is -2.20. The molecule has 1 aliphatic rings. The van der Waals surface area contributed by atoms with Crippen LogP contribution in [0.3, 0.4) is 0 Å². The number of halogens is 1. The summed E-state index contributed by atoms with van der Waals surface area (Å²) in [5.41, 5.74) is 8.93. The van der Waals surface area contributed by atoms with E-state index in [-0.39, 0.29) is 18.6 Å². The summed E-state index contributed by atoms with van der Waals surface area (Å²) in [6.45, 7) is 0.0650. The number of carbonyl (C=O) groups excluding carboxylic acids is 1. The number of fused-ring (bicyclic) bond motifs is 1. The second kappa shape index (κ2) is 5.41. The Morgan fingerprint density at radius 3 is 2.60 bits per heavy atom. The normalized spacial score (nSPS) is 15.0. The summed E-state index contributed by atoms with van der Waals surface area (Å²) in [5, 5.41) is 2.80. The highest BCUT2D eigenvalue weighted by atomic mass is 127. The quantitative estimate of drug-likeness (QED) is 0.788. The van der Waals surface area contributed by atoms with E-state index in [1.807, 2.05) is 42.5 Å². The molecule has 20 heavy (non-hydrogen) atoms. The van der Waals surface area contributed by atoms with Gasteiger partial charge in [0, 0.05) is 3.57 Å². The Kier molecular flexibility index (Phi) is 3.62. The molecule has 1 aliphatic heterocycles. The van der Waals surface area contributed by atoms with Crippen molar-refractivity contribution < 1.29 is 9.53 Å². The highest BCUT2D eigenvalue weighted by Gasteiger charge is 2.18. The number of benzene rings is 2. The monoisotopic (exact) mass is 380 g/mol. The third kappa shape index (κ3) is 2.64. The minimum absolute atomic E-state index is 0.0650. The average molecular weight is 380 g/mol. The topological polar surface area (TPSA) is 64.3 Å². The zero-order valence-electron chi connectivity index (χ0n) is 10.6. The van der Waals surface area contributed by atoms with Gasteiger partial charge in [0.1, 0.15) is 5.75 Å². The van der Waals surface area contributed by atoms with Gasteiger partial charge in [0.2, 0.25) is 0 Å². The number of nitrogens with one attached hydrogen (secondary N) is 1. The molecule has 2 aromatic carbocycles. The number of amides is 1. The summed E-state index contributed by atoms with van der Waals surface area (Å²) < 4.78 is 6.51. The molecule has 0 saturated carbocycles. The van der Waals surface area contributed by atoms with E-state index in [0.717, 1.165) is 11.1 Å². The lowest BCUT2D eigenvalue weighted by Crippen LogP contribution is -2.25. The van der Waals surface area contributed by atoms with Crippen molar-refractivity contribution in [3.8, 4) is 5.75 Å². The van der Waals surface area contributed by atoms with E-state index in [0.29, 0.717) is 11.4 Å². The molecule has 1 heterocycles. The molecule has 1 amide bonds. The smallest absolute Gasteiger partial charge is 0.262 e. The summed E-state index contributed by atoms with van der Waals surface area (Å²) in [4.78, 5) is 11.3. The van der Waals surface area contributed by atoms with E-state index in [9.17, 15) is 4.79 Å². The molecule has 5 heteroatoms. The fourth-order valence-electron chi connectivity index (χ4n) is 2.16. The molecule has 0 aliphatic carbocycles. The first kappa shape index (κ1) is 13.4. The zero-order valence-corrected chi connectivity index (χ0v) is 12.8. The molecule has 3 N–H and O–H groups in total. The highest BCUT2D eigenvalue weighted by Crippen LogP contribution is 2.31. The lowest BCUT2D eigenvalue weighted by molar-refractivity contribution is -0.118. The van der Waals surface area contributed by atoms with E-state index >= 15 is 0 Å². The predicted octanol–water partition coefficient (Wildman–Crippen LogP) is 2.67. The first-order valence-corrected chi connectivity index (χ1v) is 7.29. The van der Waals surface area contributed by atoms with Crippen LogP contribution in [0.25, 0.3) is 0 Å². The molecule has 3 rings (SSSR count). The van der Waals surface area contributed by atoms with Gasteiger partial charge in [0.05, 0.1) is 11.7 Å². The van der Waals surface area contributed by atoms with Crippen LogP contribution >= 0.6 is 22.6 Å². The number of rotatable bonds is 2. The third-order valence-corrected chi connectivity index (χ3v) is 3.94. The Morgan fingerprint density at radius 2 is 1.85 bits per heavy atom. The molecule has 0 bridgehead atoms. The van der Waals surface area contributed by atoms with E-state index in [2.05, 4.69) is 27.9 Å². The Bertz CT molecular complexity index is 655. The van der Waals surface area contributed by atoms with E-state index in [1.54, 1.807) is 0 Å². The van der Waals surface area contributed by atoms with Gasteiger partial charge >= 0.3 is 0 Å². The second-order valence-electron chi connectivity index (χ2n) is 4.62. The second-order valence-corrected chi connectivity index (χ2v) is 5.87. The molecule has 0 radical (unpaired) electrons. The van der Waals surface area contributed by atoms with Crippen molar-refractivity contribution in [1.82, 2.24) is 0 Å². The molecular formula is C15H13IN2O2. The van der Waals surface area contributed by atoms with Crippen molar-refractivity contribution in [2.75, 3.05) is 11.9 Å². The number of anilines is 1. The maximum Gasteiger partial charge on any atom is 0.262 e. The van der Waals surface area contributed by atoms with Gasteiger partial charge in [-0.05, 0) is 58.0 Å². The van der Waals surface area contributed by atoms with Gasteiger partial charge < -0.3 is 15.8 Å². The third-order valence-electron chi connectivity index (χ3n) is 3.22. The van der Waals surface area contributed by atoms with Crippen LogP contribution in [0.5, 0.6) is 5.75 Å². The zero-order chi connectivity index (χ0) is 14.1. The Hall–Kier alpha value is -1.60. The summed E-state index contributed by atoms with van der Waals surface area (Å²) in [5.74, 6) is 0.542. The van der Waals surface area contributed by atoms with E-state index in [1.165, 1.54) is 3.57 Å². The number of hydrogen-bond acceptors (Lipinski definition) is 3. The number of carbonyl (C=O) groups is 1. The first-order valence-electron chi connectivity index (χ1n) is 6.21. The van der Waals surface area contributed by atoms with Crippen LogP contribution < -0.4 is 15.8 Å². The summed E-state index contributed by atoms with van der Waals surface area (Å²) in [6.07, 6.45) is 0. The molecule has 0 spiro atoms. The van der Waals surface area contributed by atoms with Crippen molar-refractivity contribution in [2.24, 2.45) is 5.73 Å². The minimum Gasteiger partial charge on any atom is -0.482 e. The fourth-order valence-corrected chi connectivity index (χ4v) is 2.52. The minimum atomic E-state index is -0.226. The summed E-state index contributed by atoms with van der Waals surface area (Å²) >= 11 is 2.26. The van der Waals surface area contributed by atoms with Crippen LogP contribution in [0, 0.1) is 3.57 Å². The van der Waals surface area contributed by atoms with Crippen LogP contribution in [0.15, 0.2) is 42.5 Å². The van der Waals surface area contributed by atoms with Crippen molar-refractivity contribution in [3.05, 3.63) is 57.2 Å². The Labute approximate surface area is 130 Å². The van der Waals surface area contributed by atoms with Crippen LogP contribution in [0.1, 0.15) is 17.2 Å². The first-order chi connectivity index (χ1) is 9.63. The predicted molar refractivity (Wildman–Crippen MR) is 85.8 cm³/mol. The average Bonchev–Trinajstić information content (AvgIpc) is 2.46. The molecule has 2 aromatic rings. The maximum atomic E-state index is 11.3. The molecule has 1 atom stereocenters. The van der Waals surface area contributed by atoms with Crippen LogP contribution in [0.4, 0.5) is 5.69 Å². The molecular weight excluding hydrogens is 367 g/mol. The van der Waals surface area contributed by atoms with Crippen LogP contribution in [-0.4, -0.2) is 12.5 Å². The summed E-state index contributed by atoms with van der Waals surface area (Å²) in [7, 11) is 0. The van der Waals surface area contributed by atoms with Gasteiger partial charge in [-0.1, -0.05) is 18.2 Å². The highest BCUT2D eigenvalue weighted by molar-refractivity contribution is 14.1. The van der Waals surface area contributed by atoms with Gasteiger partial charge in [-0.15, -0.1) is 0 Å². The molecule has 0 aromatic heterocycles. The van der Waals surface area contributed by atoms with Gasteiger partial charge in [0.15, 0.2) is 6.61 Å². The lowest BCUT2D eigenvalue weighted by atomic mass is 9.99. The largest absolute Gasteiger partial charge is 0.482 e.